The Morgan fingerprint density at radius 1 is 1.05 bits per heavy atom. The number of thioether (sulfide) groups is 1. The zero-order valence-corrected chi connectivity index (χ0v) is 20.5. The minimum atomic E-state index is -0.646. The molecule has 2 atom stereocenters. The highest BCUT2D eigenvalue weighted by Crippen LogP contribution is 2.45. The SMILES string of the molecule is O=C(OCc1ccc([N+](=O)[O-])cc1)C1=CSC2C(=CC3CCCN3C(=O)OCc3ccccc3)C(=O)N12. The van der Waals surface area contributed by atoms with E-state index in [0.29, 0.717) is 17.7 Å². The van der Waals surface area contributed by atoms with E-state index in [0.717, 1.165) is 18.4 Å². The summed E-state index contributed by atoms with van der Waals surface area (Å²) in [5.41, 5.74) is 2.15. The highest BCUT2D eigenvalue weighted by Gasteiger charge is 2.50. The Kier molecular flexibility index (Phi) is 6.95. The zero-order valence-electron chi connectivity index (χ0n) is 19.6. The molecule has 2 amide bonds. The lowest BCUT2D eigenvalue weighted by molar-refractivity contribution is -0.384. The zero-order chi connectivity index (χ0) is 25.9. The van der Waals surface area contributed by atoms with Crippen LogP contribution in [0.5, 0.6) is 0 Å². The Morgan fingerprint density at radius 3 is 2.49 bits per heavy atom. The van der Waals surface area contributed by atoms with Gasteiger partial charge in [-0.1, -0.05) is 36.4 Å². The lowest BCUT2D eigenvalue weighted by Crippen LogP contribution is -2.52. The second-order valence-corrected chi connectivity index (χ2v) is 9.69. The molecule has 3 heterocycles. The van der Waals surface area contributed by atoms with Gasteiger partial charge in [0.2, 0.25) is 0 Å². The molecule has 0 aromatic heterocycles. The van der Waals surface area contributed by atoms with Gasteiger partial charge in [-0.05, 0) is 36.1 Å². The van der Waals surface area contributed by atoms with Gasteiger partial charge in [0, 0.05) is 29.7 Å². The predicted molar refractivity (Wildman–Crippen MR) is 134 cm³/mol. The minimum Gasteiger partial charge on any atom is -0.456 e. The number of nitro benzene ring substituents is 1. The van der Waals surface area contributed by atoms with E-state index in [-0.39, 0.29) is 41.9 Å². The number of hydrogen-bond acceptors (Lipinski definition) is 8. The van der Waals surface area contributed by atoms with Crippen LogP contribution in [-0.4, -0.2) is 50.7 Å². The van der Waals surface area contributed by atoms with Crippen LogP contribution in [0.15, 0.2) is 77.4 Å². The molecule has 37 heavy (non-hydrogen) atoms. The van der Waals surface area contributed by atoms with Crippen LogP contribution in [0.3, 0.4) is 0 Å². The maximum Gasteiger partial charge on any atom is 0.410 e. The fourth-order valence-corrected chi connectivity index (χ4v) is 5.54. The third kappa shape index (κ3) is 5.08. The van der Waals surface area contributed by atoms with Gasteiger partial charge in [-0.3, -0.25) is 19.8 Å². The van der Waals surface area contributed by atoms with Crippen molar-refractivity contribution in [1.82, 2.24) is 9.80 Å². The molecule has 0 N–H and O–H groups in total. The number of β-lactam (4-membered cyclic amide) rings is 1. The van der Waals surface area contributed by atoms with E-state index in [9.17, 15) is 24.5 Å². The molecule has 3 aliphatic heterocycles. The van der Waals surface area contributed by atoms with Crippen molar-refractivity contribution in [2.75, 3.05) is 6.54 Å². The highest BCUT2D eigenvalue weighted by atomic mass is 32.2. The number of rotatable bonds is 7. The quantitative estimate of drug-likeness (QED) is 0.175. The molecule has 2 fully saturated rings. The molecule has 0 bridgehead atoms. The molecule has 2 aromatic carbocycles. The number of fused-ring (bicyclic) bond motifs is 1. The largest absolute Gasteiger partial charge is 0.456 e. The van der Waals surface area contributed by atoms with Crippen LogP contribution in [-0.2, 0) is 32.3 Å². The van der Waals surface area contributed by atoms with E-state index in [1.54, 1.807) is 10.3 Å². The summed E-state index contributed by atoms with van der Waals surface area (Å²) in [7, 11) is 0. The summed E-state index contributed by atoms with van der Waals surface area (Å²) in [6.07, 6.45) is 2.93. The van der Waals surface area contributed by atoms with Crippen molar-refractivity contribution >= 4 is 35.4 Å². The van der Waals surface area contributed by atoms with E-state index >= 15 is 0 Å². The minimum absolute atomic E-state index is 0.0522. The molecule has 11 heteroatoms. The van der Waals surface area contributed by atoms with Crippen molar-refractivity contribution in [2.24, 2.45) is 0 Å². The number of benzene rings is 2. The van der Waals surface area contributed by atoms with Crippen LogP contribution in [0.25, 0.3) is 0 Å². The van der Waals surface area contributed by atoms with Crippen LogP contribution < -0.4 is 0 Å². The van der Waals surface area contributed by atoms with Crippen molar-refractivity contribution in [3.8, 4) is 0 Å². The number of hydrogen-bond donors (Lipinski definition) is 0. The monoisotopic (exact) mass is 521 g/mol. The van der Waals surface area contributed by atoms with Gasteiger partial charge < -0.3 is 14.4 Å². The van der Waals surface area contributed by atoms with Gasteiger partial charge >= 0.3 is 12.1 Å². The van der Waals surface area contributed by atoms with E-state index in [1.165, 1.54) is 40.9 Å². The predicted octanol–water partition coefficient (Wildman–Crippen LogP) is 4.12. The van der Waals surface area contributed by atoms with E-state index < -0.39 is 17.0 Å². The number of nitrogens with zero attached hydrogens (tertiary/aromatic N) is 3. The number of amides is 2. The number of esters is 1. The van der Waals surface area contributed by atoms with Crippen molar-refractivity contribution in [3.05, 3.63) is 98.6 Å². The first kappa shape index (κ1) is 24.6. The summed E-state index contributed by atoms with van der Waals surface area (Å²) < 4.78 is 10.8. The summed E-state index contributed by atoms with van der Waals surface area (Å²) in [6.45, 7) is 0.659. The Balaban J connectivity index is 1.16. The highest BCUT2D eigenvalue weighted by molar-refractivity contribution is 8.03. The van der Waals surface area contributed by atoms with E-state index in [4.69, 9.17) is 9.47 Å². The Labute approximate surface area is 216 Å². The van der Waals surface area contributed by atoms with E-state index in [1.807, 2.05) is 36.4 Å². The number of carbonyl (C=O) groups excluding carboxylic acids is 3. The van der Waals surface area contributed by atoms with Gasteiger partial charge in [-0.15, -0.1) is 11.8 Å². The van der Waals surface area contributed by atoms with Gasteiger partial charge in [0.1, 0.15) is 24.3 Å². The molecule has 3 aliphatic rings. The first-order valence-corrected chi connectivity index (χ1v) is 12.7. The molecule has 0 spiro atoms. The van der Waals surface area contributed by atoms with Crippen LogP contribution >= 0.6 is 11.8 Å². The second kappa shape index (κ2) is 10.5. The van der Waals surface area contributed by atoms with E-state index in [2.05, 4.69) is 0 Å². The third-order valence-corrected chi connectivity index (χ3v) is 7.45. The number of likely N-dealkylation sites (tertiary alicyclic amines) is 1. The molecular weight excluding hydrogens is 498 g/mol. The Morgan fingerprint density at radius 2 is 1.76 bits per heavy atom. The summed E-state index contributed by atoms with van der Waals surface area (Å²) in [4.78, 5) is 51.5. The summed E-state index contributed by atoms with van der Waals surface area (Å²) in [5, 5.41) is 12.0. The maximum absolute atomic E-state index is 12.9. The van der Waals surface area contributed by atoms with Gasteiger partial charge in [0.05, 0.1) is 11.0 Å². The molecule has 10 nitrogen and oxygen atoms in total. The van der Waals surface area contributed by atoms with Crippen molar-refractivity contribution in [1.29, 1.82) is 0 Å². The fourth-order valence-electron chi connectivity index (χ4n) is 4.42. The molecule has 2 unspecified atom stereocenters. The average Bonchev–Trinajstić information content (AvgIpc) is 3.55. The normalized spacial score (nSPS) is 21.4. The summed E-state index contributed by atoms with van der Waals surface area (Å²) in [5.74, 6) is -0.939. The molecule has 2 saturated heterocycles. The number of carbonyl (C=O) groups is 3. The summed E-state index contributed by atoms with van der Waals surface area (Å²) >= 11 is 1.33. The first-order valence-electron chi connectivity index (χ1n) is 11.7. The number of non-ortho nitro benzene ring substituents is 1. The lowest BCUT2D eigenvalue weighted by atomic mass is 10.0. The van der Waals surface area contributed by atoms with Crippen molar-refractivity contribution in [2.45, 2.75) is 37.5 Å². The van der Waals surface area contributed by atoms with Gasteiger partial charge in [0.15, 0.2) is 0 Å². The third-order valence-electron chi connectivity index (χ3n) is 6.37. The van der Waals surface area contributed by atoms with Gasteiger partial charge in [-0.2, -0.15) is 0 Å². The molecule has 190 valence electrons. The molecule has 5 rings (SSSR count). The standard InChI is InChI=1S/C26H23N3O7S/c30-23-21(13-20-7-4-12-27(20)26(32)36-15-17-5-2-1-3-6-17)24-28(23)22(16-37-24)25(31)35-14-18-8-10-19(11-9-18)29(33)34/h1-3,5-6,8-11,13,16,20,24H,4,7,12,14-15H2. The second-order valence-electron chi connectivity index (χ2n) is 8.73. The number of nitro groups is 1. The van der Waals surface area contributed by atoms with Crippen LogP contribution in [0, 0.1) is 10.1 Å². The average molecular weight is 522 g/mol. The van der Waals surface area contributed by atoms with Crippen LogP contribution in [0.2, 0.25) is 0 Å². The van der Waals surface area contributed by atoms with Crippen molar-refractivity contribution < 1.29 is 28.8 Å². The Bertz CT molecular complexity index is 1290. The molecular formula is C26H23N3O7S. The Hall–Kier alpha value is -4.12. The maximum atomic E-state index is 12.9. The molecule has 0 saturated carbocycles. The first-order chi connectivity index (χ1) is 17.9. The fraction of sp³-hybridized carbons (Fsp3) is 0.269. The van der Waals surface area contributed by atoms with Gasteiger partial charge in [0.25, 0.3) is 11.6 Å². The van der Waals surface area contributed by atoms with Crippen LogP contribution in [0.1, 0.15) is 24.0 Å². The molecule has 2 aromatic rings. The molecule has 0 aliphatic carbocycles. The smallest absolute Gasteiger partial charge is 0.410 e. The molecule has 0 radical (unpaired) electrons. The lowest BCUT2D eigenvalue weighted by Gasteiger charge is -2.38. The van der Waals surface area contributed by atoms with Gasteiger partial charge in [-0.25, -0.2) is 9.59 Å². The van der Waals surface area contributed by atoms with Crippen LogP contribution in [0.4, 0.5) is 10.5 Å². The topological polar surface area (TPSA) is 119 Å². The van der Waals surface area contributed by atoms with Crippen molar-refractivity contribution in [3.63, 3.8) is 0 Å². The summed E-state index contributed by atoms with van der Waals surface area (Å²) in [6, 6.07) is 14.9. The number of ether oxygens (including phenoxy) is 2.